The predicted molar refractivity (Wildman–Crippen MR) is 127 cm³/mol. The van der Waals surface area contributed by atoms with Gasteiger partial charge in [0.05, 0.1) is 30.1 Å². The van der Waals surface area contributed by atoms with Gasteiger partial charge in [0.1, 0.15) is 6.04 Å². The monoisotopic (exact) mass is 447 g/mol. The Bertz CT molecular complexity index is 1270. The fourth-order valence-electron chi connectivity index (χ4n) is 3.11. The SMILES string of the molecule is CC.CC(C(=O)N=O)n1cc(-c2cnc(N)c(N(N)Cc3ccc4ncccc4c3)n2)cn1. The van der Waals surface area contributed by atoms with E-state index in [-0.39, 0.29) is 5.82 Å². The minimum Gasteiger partial charge on any atom is -0.381 e. The first-order valence-electron chi connectivity index (χ1n) is 10.4. The number of nitrogens with zero attached hydrogens (tertiary/aromatic N) is 7. The van der Waals surface area contributed by atoms with Gasteiger partial charge in [-0.15, -0.1) is 4.91 Å². The molecule has 4 aromatic rings. The second-order valence-electron chi connectivity index (χ2n) is 6.94. The number of benzene rings is 1. The van der Waals surface area contributed by atoms with E-state index in [1.165, 1.54) is 29.0 Å². The van der Waals surface area contributed by atoms with E-state index in [4.69, 9.17) is 11.6 Å². The fourth-order valence-corrected chi connectivity index (χ4v) is 3.11. The van der Waals surface area contributed by atoms with Crippen molar-refractivity contribution < 1.29 is 4.79 Å². The molecular weight excluding hydrogens is 422 g/mol. The topological polar surface area (TPSA) is 158 Å². The van der Waals surface area contributed by atoms with Crippen molar-refractivity contribution in [3.63, 3.8) is 0 Å². The molecular formula is C22H25N9O2. The summed E-state index contributed by atoms with van der Waals surface area (Å²) in [6.07, 6.45) is 6.32. The zero-order chi connectivity index (χ0) is 24.0. The van der Waals surface area contributed by atoms with Gasteiger partial charge in [0.25, 0.3) is 0 Å². The molecule has 0 saturated heterocycles. The van der Waals surface area contributed by atoms with Gasteiger partial charge in [-0.25, -0.2) is 15.8 Å². The van der Waals surface area contributed by atoms with Crippen LogP contribution >= 0.6 is 0 Å². The number of anilines is 2. The number of amides is 1. The highest BCUT2D eigenvalue weighted by molar-refractivity contribution is 5.80. The number of aromatic nitrogens is 5. The van der Waals surface area contributed by atoms with Crippen molar-refractivity contribution in [3.8, 4) is 11.3 Å². The summed E-state index contributed by atoms with van der Waals surface area (Å²) in [6.45, 7) is 5.88. The third kappa shape index (κ3) is 5.15. The molecule has 33 heavy (non-hydrogen) atoms. The highest BCUT2D eigenvalue weighted by atomic mass is 16.3. The van der Waals surface area contributed by atoms with Gasteiger partial charge in [-0.1, -0.05) is 26.0 Å². The van der Waals surface area contributed by atoms with Crippen molar-refractivity contribution in [2.45, 2.75) is 33.4 Å². The molecule has 0 aliphatic rings. The highest BCUT2D eigenvalue weighted by Gasteiger charge is 2.18. The first kappa shape index (κ1) is 23.4. The lowest BCUT2D eigenvalue weighted by atomic mass is 10.1. The molecule has 0 saturated carbocycles. The predicted octanol–water partition coefficient (Wildman–Crippen LogP) is 3.23. The third-order valence-electron chi connectivity index (χ3n) is 4.82. The fraction of sp³-hybridized carbons (Fsp3) is 0.227. The molecule has 11 heteroatoms. The van der Waals surface area contributed by atoms with Gasteiger partial charge in [0.2, 0.25) is 0 Å². The molecule has 0 aliphatic carbocycles. The van der Waals surface area contributed by atoms with Crippen molar-refractivity contribution >= 4 is 28.4 Å². The van der Waals surface area contributed by atoms with E-state index < -0.39 is 11.9 Å². The molecule has 4 rings (SSSR count). The zero-order valence-corrected chi connectivity index (χ0v) is 18.6. The van der Waals surface area contributed by atoms with Crippen LogP contribution in [-0.2, 0) is 11.3 Å². The molecule has 3 heterocycles. The highest BCUT2D eigenvalue weighted by Crippen LogP contribution is 2.25. The van der Waals surface area contributed by atoms with Crippen molar-refractivity contribution in [2.24, 2.45) is 11.0 Å². The second kappa shape index (κ2) is 10.4. The number of hydrogen-bond acceptors (Lipinski definition) is 9. The molecule has 1 aromatic carbocycles. The summed E-state index contributed by atoms with van der Waals surface area (Å²) in [5.74, 6) is 5.91. The summed E-state index contributed by atoms with van der Waals surface area (Å²) in [5, 5.41) is 8.95. The standard InChI is InChI=1S/C20H19N9O2.C2H6/c1-12(20(30)27-31)29-11-15(8-25-29)17-9-24-18(21)19(26-17)28(22)10-13-4-5-16-14(7-13)3-2-6-23-16;1-2/h2-9,11-12H,10,22H2,1H3,(H2,21,24);1-2H3. The maximum Gasteiger partial charge on any atom is 0.310 e. The lowest BCUT2D eigenvalue weighted by Gasteiger charge is -2.19. The van der Waals surface area contributed by atoms with Crippen LogP contribution in [0.3, 0.4) is 0 Å². The Hall–Kier alpha value is -4.25. The molecule has 0 aliphatic heterocycles. The normalized spacial score (nSPS) is 11.4. The van der Waals surface area contributed by atoms with Gasteiger partial charge in [-0.3, -0.25) is 19.5 Å². The number of nitrogen functional groups attached to an aromatic ring is 1. The molecule has 0 fully saturated rings. The van der Waals surface area contributed by atoms with Gasteiger partial charge in [0, 0.05) is 28.5 Å². The molecule has 1 amide bonds. The molecule has 11 nitrogen and oxygen atoms in total. The number of carbonyl (C=O) groups is 1. The Morgan fingerprint density at radius 2 is 2.00 bits per heavy atom. The number of hydrazine groups is 1. The maximum atomic E-state index is 11.5. The minimum absolute atomic E-state index is 0.176. The van der Waals surface area contributed by atoms with Crippen LogP contribution < -0.4 is 16.6 Å². The Balaban J connectivity index is 0.00000149. The minimum atomic E-state index is -0.822. The molecule has 1 unspecified atom stereocenters. The molecule has 3 aromatic heterocycles. The molecule has 1 atom stereocenters. The van der Waals surface area contributed by atoms with Crippen LogP contribution in [0.25, 0.3) is 22.2 Å². The lowest BCUT2D eigenvalue weighted by Crippen LogP contribution is -2.32. The first-order chi connectivity index (χ1) is 16.0. The number of rotatable bonds is 6. The van der Waals surface area contributed by atoms with Gasteiger partial charge in [0.15, 0.2) is 11.6 Å². The summed E-state index contributed by atoms with van der Waals surface area (Å²) in [4.78, 5) is 35.0. The van der Waals surface area contributed by atoms with Crippen molar-refractivity contribution in [2.75, 3.05) is 10.7 Å². The maximum absolute atomic E-state index is 11.5. The molecule has 170 valence electrons. The summed E-state index contributed by atoms with van der Waals surface area (Å²) in [7, 11) is 0. The molecule has 0 spiro atoms. The summed E-state index contributed by atoms with van der Waals surface area (Å²) in [6, 6.07) is 8.89. The van der Waals surface area contributed by atoms with E-state index in [9.17, 15) is 9.70 Å². The van der Waals surface area contributed by atoms with Crippen LogP contribution in [0.4, 0.5) is 11.6 Å². The smallest absolute Gasteiger partial charge is 0.310 e. The van der Waals surface area contributed by atoms with Crippen LogP contribution in [0.2, 0.25) is 0 Å². The molecule has 0 bridgehead atoms. The van der Waals surface area contributed by atoms with Crippen molar-refractivity contribution in [3.05, 3.63) is 65.6 Å². The quantitative estimate of drug-likeness (QED) is 0.257. The van der Waals surface area contributed by atoms with Gasteiger partial charge in [-0.2, -0.15) is 5.10 Å². The van der Waals surface area contributed by atoms with Crippen LogP contribution in [0.1, 0.15) is 32.4 Å². The van der Waals surface area contributed by atoms with Gasteiger partial charge < -0.3 is 5.73 Å². The first-order valence-corrected chi connectivity index (χ1v) is 10.4. The molecule has 0 radical (unpaired) electrons. The van der Waals surface area contributed by atoms with Gasteiger partial charge in [-0.05, 0) is 30.7 Å². The zero-order valence-electron chi connectivity index (χ0n) is 18.6. The van der Waals surface area contributed by atoms with E-state index >= 15 is 0 Å². The van der Waals surface area contributed by atoms with Crippen molar-refractivity contribution in [1.82, 2.24) is 24.7 Å². The van der Waals surface area contributed by atoms with Crippen LogP contribution in [-0.4, -0.2) is 30.6 Å². The van der Waals surface area contributed by atoms with E-state index in [0.717, 1.165) is 16.5 Å². The largest absolute Gasteiger partial charge is 0.381 e. The Morgan fingerprint density at radius 1 is 1.21 bits per heavy atom. The average molecular weight is 448 g/mol. The molecule has 4 N–H and O–H groups in total. The number of nitroso groups, excluding NO2 is 1. The summed E-state index contributed by atoms with van der Waals surface area (Å²) < 4.78 is 1.33. The van der Waals surface area contributed by atoms with E-state index in [2.05, 4.69) is 25.2 Å². The Kier molecular flexibility index (Phi) is 7.36. The van der Waals surface area contributed by atoms with Gasteiger partial charge >= 0.3 is 5.91 Å². The van der Waals surface area contributed by atoms with Crippen molar-refractivity contribution in [1.29, 1.82) is 0 Å². The second-order valence-corrected chi connectivity index (χ2v) is 6.94. The van der Waals surface area contributed by atoms with Crippen LogP contribution in [0.5, 0.6) is 0 Å². The summed E-state index contributed by atoms with van der Waals surface area (Å²) >= 11 is 0. The lowest BCUT2D eigenvalue weighted by molar-refractivity contribution is -0.120. The van der Waals surface area contributed by atoms with E-state index in [1.807, 2.05) is 44.2 Å². The third-order valence-corrected chi connectivity index (χ3v) is 4.82. The number of hydrogen-bond donors (Lipinski definition) is 2. The summed E-state index contributed by atoms with van der Waals surface area (Å²) in [5.41, 5.74) is 8.91. The average Bonchev–Trinajstić information content (AvgIpc) is 3.34. The number of pyridine rings is 1. The Labute approximate surface area is 190 Å². The van der Waals surface area contributed by atoms with Crippen LogP contribution in [0, 0.1) is 4.91 Å². The number of nitrogens with two attached hydrogens (primary N) is 2. The van der Waals surface area contributed by atoms with E-state index in [0.29, 0.717) is 23.6 Å². The Morgan fingerprint density at radius 3 is 2.76 bits per heavy atom. The number of fused-ring (bicyclic) bond motifs is 1. The van der Waals surface area contributed by atoms with E-state index in [1.54, 1.807) is 12.4 Å². The van der Waals surface area contributed by atoms with Crippen LogP contribution in [0.15, 0.2) is 60.3 Å². The number of carbonyl (C=O) groups excluding carboxylic acids is 1.